The maximum atomic E-state index is 6.20. The monoisotopic (exact) mass is 840 g/mol. The number of hydrogen-bond donors (Lipinski definition) is 0. The van der Waals surface area contributed by atoms with Crippen molar-refractivity contribution in [1.29, 1.82) is 0 Å². The summed E-state index contributed by atoms with van der Waals surface area (Å²) < 4.78 is 5.05. The molecule has 0 unspecified atom stereocenters. The van der Waals surface area contributed by atoms with E-state index in [1.807, 2.05) is 46.9 Å². The predicted octanol–water partition coefficient (Wildman–Crippen LogP) is 10.5. The SMILES string of the molecule is C[S-].[B]c1ccc(-n2c3ccc(Cc4ccccc4-c4ccccc4C)cc3c3cc(-n4c5c(c6ccccc64)C=C=C=C5)ccc32)nc1.[Ca+2].[NH-]CI. The fraction of sp³-hybridized carbons (Fsp3) is 0.0889. The Hall–Kier alpha value is -3.75. The van der Waals surface area contributed by atoms with Crippen LogP contribution in [0.3, 0.4) is 0 Å². The molecule has 2 radical (unpaired) electrons. The molecule has 5 aromatic carbocycles. The van der Waals surface area contributed by atoms with Gasteiger partial charge in [-0.25, -0.2) is 4.98 Å². The number of rotatable bonds is 5. The third kappa shape index (κ3) is 7.64. The molecule has 8 heteroatoms. The minimum absolute atomic E-state index is 0. The van der Waals surface area contributed by atoms with Crippen LogP contribution in [0.25, 0.3) is 73.2 Å². The molecule has 0 saturated heterocycles. The Bertz CT molecular complexity index is 2680. The van der Waals surface area contributed by atoms with E-state index in [4.69, 9.17) is 18.6 Å². The molecular weight excluding hydrogens is 806 g/mol. The van der Waals surface area contributed by atoms with E-state index in [0.717, 1.165) is 40.2 Å². The molecule has 0 fully saturated rings. The molecule has 1 aliphatic rings. The van der Waals surface area contributed by atoms with Gasteiger partial charge in [0.15, 0.2) is 0 Å². The van der Waals surface area contributed by atoms with Crippen LogP contribution < -0.4 is 5.46 Å². The fourth-order valence-electron chi connectivity index (χ4n) is 7.20. The van der Waals surface area contributed by atoms with E-state index in [2.05, 4.69) is 149 Å². The molecular formula is C45H34BCaIN4S. The van der Waals surface area contributed by atoms with Crippen LogP contribution in [0, 0.1) is 6.92 Å². The van der Waals surface area contributed by atoms with E-state index in [1.165, 1.54) is 49.5 Å². The van der Waals surface area contributed by atoms with Gasteiger partial charge in [0.1, 0.15) is 13.7 Å². The summed E-state index contributed by atoms with van der Waals surface area (Å²) in [5.41, 5.74) is 26.3. The van der Waals surface area contributed by atoms with Gasteiger partial charge in [0.25, 0.3) is 0 Å². The second-order valence-corrected chi connectivity index (χ2v) is 13.1. The standard InChI is InChI=1S/C43H28BN3.CH3IN.CH4S.Ca/c1-28-10-2-4-12-33(28)34-13-5-3-11-30(34)24-29-18-21-41-37(25-29)38-26-32(20-22-42(38)47(41)43-23-19-31(44)27-45-43)46-39-16-8-6-14-35(39)36-15-7-9-17-40(36)46;2-1-3;1-2;/h2-6,8,10-23,25-27H,24H2,1H3;3H,1H2;2H,1H3;/q;-1;;+2/p-1. The Morgan fingerprint density at radius 2 is 1.36 bits per heavy atom. The zero-order chi connectivity index (χ0) is 36.2. The van der Waals surface area contributed by atoms with Crippen LogP contribution >= 0.6 is 22.6 Å². The summed E-state index contributed by atoms with van der Waals surface area (Å²) in [6.45, 7) is 2.18. The fourth-order valence-corrected chi connectivity index (χ4v) is 7.20. The van der Waals surface area contributed by atoms with Crippen LogP contribution in [0.15, 0.2) is 139 Å². The smallest absolute Gasteiger partial charge is 0.796 e. The van der Waals surface area contributed by atoms with Crippen molar-refractivity contribution in [2.45, 2.75) is 13.3 Å². The van der Waals surface area contributed by atoms with Crippen molar-refractivity contribution in [3.8, 4) is 22.6 Å². The van der Waals surface area contributed by atoms with Gasteiger partial charge >= 0.3 is 37.7 Å². The second-order valence-electron chi connectivity index (χ2n) is 12.3. The van der Waals surface area contributed by atoms with E-state index in [1.54, 1.807) is 12.5 Å². The topological polar surface area (TPSA) is 46.5 Å². The van der Waals surface area contributed by atoms with Gasteiger partial charge in [0.2, 0.25) is 0 Å². The molecule has 4 nitrogen and oxygen atoms in total. The molecule has 53 heavy (non-hydrogen) atoms. The molecule has 1 N–H and O–H groups in total. The molecule has 3 aromatic heterocycles. The average molecular weight is 841 g/mol. The minimum atomic E-state index is 0. The molecule has 0 amide bonds. The minimum Gasteiger partial charge on any atom is -0.796 e. The molecule has 9 rings (SSSR count). The third-order valence-electron chi connectivity index (χ3n) is 9.38. The number of aryl methyl sites for hydroxylation is 1. The first-order valence-corrected chi connectivity index (χ1v) is 19.3. The maximum absolute atomic E-state index is 6.20. The van der Waals surface area contributed by atoms with Crippen molar-refractivity contribution in [3.05, 3.63) is 173 Å². The summed E-state index contributed by atoms with van der Waals surface area (Å²) in [5, 5.41) is 3.56. The number of benzene rings is 5. The summed E-state index contributed by atoms with van der Waals surface area (Å²) in [6.07, 6.45) is 8.20. The molecule has 0 aliphatic heterocycles. The average Bonchev–Trinajstić information content (AvgIpc) is 3.69. The Morgan fingerprint density at radius 3 is 2.11 bits per heavy atom. The largest absolute Gasteiger partial charge is 2.00 e. The summed E-state index contributed by atoms with van der Waals surface area (Å²) in [4.78, 5) is 4.74. The van der Waals surface area contributed by atoms with Crippen molar-refractivity contribution in [1.82, 2.24) is 14.1 Å². The van der Waals surface area contributed by atoms with E-state index in [-0.39, 0.29) is 37.7 Å². The van der Waals surface area contributed by atoms with Gasteiger partial charge in [-0.3, -0.25) is 4.57 Å². The number of nitrogens with one attached hydrogen (secondary N) is 1. The molecule has 0 bridgehead atoms. The molecule has 252 valence electrons. The molecule has 0 spiro atoms. The normalized spacial score (nSPS) is 11.1. The van der Waals surface area contributed by atoms with Gasteiger partial charge in [0.05, 0.1) is 22.2 Å². The van der Waals surface area contributed by atoms with Crippen molar-refractivity contribution in [2.24, 2.45) is 0 Å². The van der Waals surface area contributed by atoms with Crippen LogP contribution in [0.2, 0.25) is 0 Å². The zero-order valence-electron chi connectivity index (χ0n) is 29.6. The summed E-state index contributed by atoms with van der Waals surface area (Å²) in [5.74, 6) is 0.839. The number of nitrogens with zero attached hydrogens (tertiary/aromatic N) is 3. The van der Waals surface area contributed by atoms with Crippen molar-refractivity contribution < 1.29 is 0 Å². The number of alkyl halides is 1. The third-order valence-corrected chi connectivity index (χ3v) is 9.38. The van der Waals surface area contributed by atoms with Crippen LogP contribution in [0.4, 0.5) is 0 Å². The Morgan fingerprint density at radius 1 is 0.717 bits per heavy atom. The van der Waals surface area contributed by atoms with E-state index < -0.39 is 0 Å². The second kappa shape index (κ2) is 17.6. The Balaban J connectivity index is 0.000000764. The van der Waals surface area contributed by atoms with E-state index in [0.29, 0.717) is 10.0 Å². The molecule has 8 aromatic rings. The van der Waals surface area contributed by atoms with Crippen LogP contribution in [0.1, 0.15) is 27.9 Å². The summed E-state index contributed by atoms with van der Waals surface area (Å²) in [6, 6.07) is 43.5. The number of para-hydroxylation sites is 1. The van der Waals surface area contributed by atoms with Crippen molar-refractivity contribution >= 4 is 131 Å². The van der Waals surface area contributed by atoms with Gasteiger partial charge in [-0.2, -0.15) is 6.26 Å². The number of halogens is 1. The Kier molecular flexibility index (Phi) is 12.9. The molecule has 0 saturated carbocycles. The van der Waals surface area contributed by atoms with E-state index >= 15 is 0 Å². The summed E-state index contributed by atoms with van der Waals surface area (Å²) in [7, 11) is 6.05. The number of aromatic nitrogens is 3. The van der Waals surface area contributed by atoms with Gasteiger partial charge < -0.3 is 22.9 Å². The van der Waals surface area contributed by atoms with Gasteiger partial charge in [-0.1, -0.05) is 100 Å². The first kappa shape index (κ1) is 39.0. The van der Waals surface area contributed by atoms with Crippen LogP contribution in [-0.2, 0) is 19.0 Å². The van der Waals surface area contributed by atoms with Crippen molar-refractivity contribution in [2.75, 3.05) is 10.8 Å². The first-order valence-electron chi connectivity index (χ1n) is 16.9. The number of hydrogen-bond acceptors (Lipinski definition) is 2. The van der Waals surface area contributed by atoms with E-state index in [9.17, 15) is 0 Å². The molecule has 1 aliphatic carbocycles. The number of pyridine rings is 1. The van der Waals surface area contributed by atoms with Crippen LogP contribution in [0.5, 0.6) is 0 Å². The van der Waals surface area contributed by atoms with Crippen molar-refractivity contribution in [3.63, 3.8) is 0 Å². The predicted molar refractivity (Wildman–Crippen MR) is 238 cm³/mol. The first-order chi connectivity index (χ1) is 25.6. The maximum Gasteiger partial charge on any atom is 2.00 e. The van der Waals surface area contributed by atoms with Gasteiger partial charge in [0, 0.05) is 39.7 Å². The summed E-state index contributed by atoms with van der Waals surface area (Å²) >= 11 is 6.04. The number of fused-ring (bicyclic) bond motifs is 6. The van der Waals surface area contributed by atoms with Gasteiger partial charge in [-0.15, -0.1) is 22.6 Å². The van der Waals surface area contributed by atoms with Gasteiger partial charge in [-0.05, 0) is 89.7 Å². The zero-order valence-corrected chi connectivity index (χ0v) is 34.8. The Labute approximate surface area is 361 Å². The molecule has 3 heterocycles. The quantitative estimate of drug-likeness (QED) is 0.0433. The van der Waals surface area contributed by atoms with Crippen LogP contribution in [-0.4, -0.2) is 70.5 Å². The molecule has 0 atom stereocenters.